The molecular formula is C30H31BrNO3PS. The monoisotopic (exact) mass is 595 g/mol. The molecule has 37 heavy (non-hydrogen) atoms. The van der Waals surface area contributed by atoms with Crippen molar-refractivity contribution in [3.63, 3.8) is 0 Å². The summed E-state index contributed by atoms with van der Waals surface area (Å²) in [6, 6.07) is 38.3. The van der Waals surface area contributed by atoms with Crippen LogP contribution >= 0.6 is 7.26 Å². The number of unbranched alkanes of at least 4 members (excludes halogenated alkanes) is 1. The summed E-state index contributed by atoms with van der Waals surface area (Å²) in [5.41, 5.74) is 0.961. The van der Waals surface area contributed by atoms with Crippen LogP contribution in [0.3, 0.4) is 0 Å². The highest BCUT2D eigenvalue weighted by Crippen LogP contribution is 2.55. The molecular weight excluding hydrogens is 565 g/mol. The zero-order valence-corrected chi connectivity index (χ0v) is 24.1. The van der Waals surface area contributed by atoms with Crippen LogP contribution in [-0.2, 0) is 14.8 Å². The van der Waals surface area contributed by atoms with Crippen LogP contribution in [0.4, 0.5) is 0 Å². The summed E-state index contributed by atoms with van der Waals surface area (Å²) in [6.45, 7) is 1.89. The van der Waals surface area contributed by atoms with Crippen LogP contribution in [0.2, 0.25) is 0 Å². The van der Waals surface area contributed by atoms with E-state index in [2.05, 4.69) is 77.5 Å². The van der Waals surface area contributed by atoms with Gasteiger partial charge in [0.15, 0.2) is 0 Å². The SMILES string of the molecule is Cc1ccc(S(=O)(=O)NC(=O)CCCC[P+](c2ccccc2)(c2ccccc2)c2ccccc2)cc1.[Br-]. The summed E-state index contributed by atoms with van der Waals surface area (Å²) in [5.74, 6) is -0.473. The van der Waals surface area contributed by atoms with Crippen molar-refractivity contribution in [1.29, 1.82) is 0 Å². The molecule has 0 aliphatic heterocycles. The molecule has 1 N–H and O–H groups in total. The van der Waals surface area contributed by atoms with Crippen molar-refractivity contribution >= 4 is 39.1 Å². The van der Waals surface area contributed by atoms with Crippen LogP contribution in [0.25, 0.3) is 0 Å². The van der Waals surface area contributed by atoms with E-state index in [1.54, 1.807) is 12.1 Å². The van der Waals surface area contributed by atoms with Gasteiger partial charge < -0.3 is 17.0 Å². The standard InChI is InChI=1S/C30H30NO3PS.BrH/c1-25-20-22-29(23-21-25)36(33,34)31-30(32)19-11-12-24-35(26-13-5-2-6-14-26,27-15-7-3-8-16-27)28-17-9-4-10-18-28;/h2-10,13-18,20-23H,11-12,19,24H2,1H3;1H. The summed E-state index contributed by atoms with van der Waals surface area (Å²) in [7, 11) is -5.82. The first-order valence-electron chi connectivity index (χ1n) is 12.1. The maximum absolute atomic E-state index is 12.6. The highest BCUT2D eigenvalue weighted by atomic mass is 79.9. The Bertz CT molecular complexity index is 1280. The molecule has 0 aliphatic rings. The van der Waals surface area contributed by atoms with Crippen LogP contribution in [0, 0.1) is 6.92 Å². The number of carbonyl (C=O) groups excluding carboxylic acids is 1. The third-order valence-electron chi connectivity index (χ3n) is 6.32. The van der Waals surface area contributed by atoms with Crippen molar-refractivity contribution in [1.82, 2.24) is 4.72 Å². The van der Waals surface area contributed by atoms with E-state index in [1.165, 1.54) is 28.0 Å². The lowest BCUT2D eigenvalue weighted by molar-refractivity contribution is -0.119. The molecule has 0 saturated carbocycles. The number of carbonyl (C=O) groups is 1. The molecule has 0 aromatic heterocycles. The molecule has 1 amide bonds. The quantitative estimate of drug-likeness (QED) is 0.225. The summed E-state index contributed by atoms with van der Waals surface area (Å²) in [5, 5.41) is 3.90. The molecule has 0 atom stereocenters. The van der Waals surface area contributed by atoms with Crippen LogP contribution in [0.1, 0.15) is 24.8 Å². The number of rotatable bonds is 10. The Kier molecular flexibility index (Phi) is 10.2. The van der Waals surface area contributed by atoms with Gasteiger partial charge in [0.05, 0.1) is 11.1 Å². The zero-order valence-electron chi connectivity index (χ0n) is 20.8. The van der Waals surface area contributed by atoms with E-state index in [0.717, 1.165) is 18.1 Å². The van der Waals surface area contributed by atoms with E-state index in [9.17, 15) is 13.2 Å². The van der Waals surface area contributed by atoms with E-state index in [1.807, 2.05) is 25.1 Å². The summed E-state index contributed by atoms with van der Waals surface area (Å²) >= 11 is 0. The number of aryl methyl sites for hydroxylation is 1. The minimum atomic E-state index is -3.86. The molecule has 0 spiro atoms. The second-order valence-electron chi connectivity index (χ2n) is 8.84. The van der Waals surface area contributed by atoms with Crippen LogP contribution in [0.15, 0.2) is 120 Å². The van der Waals surface area contributed by atoms with Gasteiger partial charge in [-0.1, -0.05) is 72.3 Å². The molecule has 4 rings (SSSR count). The molecule has 0 heterocycles. The fourth-order valence-corrected chi connectivity index (χ4v) is 9.92. The van der Waals surface area contributed by atoms with Crippen molar-refractivity contribution in [2.24, 2.45) is 0 Å². The fraction of sp³-hybridized carbons (Fsp3) is 0.167. The average Bonchev–Trinajstić information content (AvgIpc) is 2.90. The van der Waals surface area contributed by atoms with Crippen molar-refractivity contribution < 1.29 is 30.2 Å². The number of benzene rings is 4. The smallest absolute Gasteiger partial charge is 0.264 e. The lowest BCUT2D eigenvalue weighted by atomic mass is 10.2. The van der Waals surface area contributed by atoms with Gasteiger partial charge in [-0.2, -0.15) is 0 Å². The topological polar surface area (TPSA) is 63.2 Å². The number of hydrogen-bond donors (Lipinski definition) is 1. The van der Waals surface area contributed by atoms with Crippen molar-refractivity contribution in [2.45, 2.75) is 31.1 Å². The highest BCUT2D eigenvalue weighted by molar-refractivity contribution is 7.95. The number of hydrogen-bond acceptors (Lipinski definition) is 3. The second kappa shape index (κ2) is 13.1. The van der Waals surface area contributed by atoms with Crippen LogP contribution in [0.5, 0.6) is 0 Å². The molecule has 192 valence electrons. The number of sulfonamides is 1. The third kappa shape index (κ3) is 6.95. The van der Waals surface area contributed by atoms with Gasteiger partial charge in [0.2, 0.25) is 5.91 Å². The molecule has 4 aromatic carbocycles. The Labute approximate surface area is 231 Å². The molecule has 0 fully saturated rings. The van der Waals surface area contributed by atoms with Gasteiger partial charge in [0.1, 0.15) is 23.2 Å². The lowest BCUT2D eigenvalue weighted by Gasteiger charge is -2.27. The molecule has 0 aliphatic carbocycles. The highest BCUT2D eigenvalue weighted by Gasteiger charge is 2.44. The van der Waals surface area contributed by atoms with Gasteiger partial charge in [0, 0.05) is 6.42 Å². The van der Waals surface area contributed by atoms with E-state index in [4.69, 9.17) is 0 Å². The molecule has 0 bridgehead atoms. The van der Waals surface area contributed by atoms with Crippen molar-refractivity contribution in [3.05, 3.63) is 121 Å². The minimum Gasteiger partial charge on any atom is -1.00 e. The molecule has 7 heteroatoms. The maximum Gasteiger partial charge on any atom is 0.264 e. The van der Waals surface area contributed by atoms with Gasteiger partial charge in [0.25, 0.3) is 10.0 Å². The van der Waals surface area contributed by atoms with Crippen molar-refractivity contribution in [3.8, 4) is 0 Å². The normalized spacial score (nSPS) is 11.4. The van der Waals surface area contributed by atoms with Crippen LogP contribution in [-0.4, -0.2) is 20.5 Å². The summed E-state index contributed by atoms with van der Waals surface area (Å²) in [6.07, 6.45) is 2.44. The largest absolute Gasteiger partial charge is 1.00 e. The fourth-order valence-electron chi connectivity index (χ4n) is 4.49. The lowest BCUT2D eigenvalue weighted by Crippen LogP contribution is -3.00. The summed E-state index contributed by atoms with van der Waals surface area (Å²) in [4.78, 5) is 12.7. The molecule has 4 aromatic rings. The summed E-state index contributed by atoms with van der Waals surface area (Å²) < 4.78 is 27.4. The van der Waals surface area contributed by atoms with Gasteiger partial charge in [-0.05, 0) is 68.3 Å². The molecule has 0 saturated heterocycles. The third-order valence-corrected chi connectivity index (χ3v) is 12.2. The van der Waals surface area contributed by atoms with Crippen molar-refractivity contribution in [2.75, 3.05) is 6.16 Å². The predicted molar refractivity (Wildman–Crippen MR) is 150 cm³/mol. The van der Waals surface area contributed by atoms with Gasteiger partial charge in [-0.25, -0.2) is 13.1 Å². The minimum absolute atomic E-state index is 0. The van der Waals surface area contributed by atoms with Gasteiger partial charge in [-0.15, -0.1) is 0 Å². The maximum atomic E-state index is 12.6. The number of nitrogens with one attached hydrogen (secondary N) is 1. The Morgan fingerprint density at radius 1 is 0.676 bits per heavy atom. The average molecular weight is 597 g/mol. The first-order valence-corrected chi connectivity index (χ1v) is 15.5. The molecule has 0 unspecified atom stereocenters. The molecule has 0 radical (unpaired) electrons. The van der Waals surface area contributed by atoms with Gasteiger partial charge in [-0.3, -0.25) is 4.79 Å². The Balaban J connectivity index is 0.00000380. The second-order valence-corrected chi connectivity index (χ2v) is 14.1. The van der Waals surface area contributed by atoms with Crippen LogP contribution < -0.4 is 37.6 Å². The predicted octanol–water partition coefficient (Wildman–Crippen LogP) is 1.97. The van der Waals surface area contributed by atoms with E-state index < -0.39 is 23.2 Å². The Hall–Kier alpha value is -2.79. The number of amides is 1. The van der Waals surface area contributed by atoms with E-state index in [-0.39, 0.29) is 28.3 Å². The first-order chi connectivity index (χ1) is 17.4. The van der Waals surface area contributed by atoms with E-state index in [0.29, 0.717) is 6.42 Å². The van der Waals surface area contributed by atoms with E-state index >= 15 is 0 Å². The zero-order chi connectivity index (χ0) is 25.4. The first kappa shape index (κ1) is 28.8. The molecule has 4 nitrogen and oxygen atoms in total. The number of halogens is 1. The Morgan fingerprint density at radius 2 is 1.11 bits per heavy atom. The Morgan fingerprint density at radius 3 is 1.54 bits per heavy atom. The van der Waals surface area contributed by atoms with Gasteiger partial charge >= 0.3 is 0 Å².